The minimum Gasteiger partial charge on any atom is -0.424 e. The first-order chi connectivity index (χ1) is 8.99. The van der Waals surface area contributed by atoms with Gasteiger partial charge in [-0.05, 0) is 33.3 Å². The Kier molecular flexibility index (Phi) is 6.02. The van der Waals surface area contributed by atoms with E-state index in [4.69, 9.17) is 4.42 Å². The molecule has 5 heteroatoms. The average molecular weight is 262 g/mol. The second-order valence-corrected chi connectivity index (χ2v) is 4.75. The highest BCUT2D eigenvalue weighted by molar-refractivity contribution is 5.44. The summed E-state index contributed by atoms with van der Waals surface area (Å²) in [5, 5.41) is 7.74. The second kappa shape index (κ2) is 7.53. The fourth-order valence-electron chi connectivity index (χ4n) is 1.38. The number of hydrogen-bond acceptors (Lipinski definition) is 5. The molecule has 0 saturated heterocycles. The average Bonchev–Trinajstić information content (AvgIpc) is 2.75. The number of aryl methyl sites for hydroxylation is 1. The summed E-state index contributed by atoms with van der Waals surface area (Å²) < 4.78 is 5.31. The van der Waals surface area contributed by atoms with Gasteiger partial charge in [0.25, 0.3) is 0 Å². The summed E-state index contributed by atoms with van der Waals surface area (Å²) in [6.45, 7) is 2.42. The van der Waals surface area contributed by atoms with Gasteiger partial charge < -0.3 is 14.2 Å². The van der Waals surface area contributed by atoms with E-state index in [9.17, 15) is 0 Å². The molecule has 1 heterocycles. The maximum absolute atomic E-state index is 5.31. The quantitative estimate of drug-likeness (QED) is 0.848. The van der Waals surface area contributed by atoms with Crippen molar-refractivity contribution in [3.8, 4) is 0 Å². The van der Waals surface area contributed by atoms with Gasteiger partial charge in [-0.3, -0.25) is 0 Å². The molecule has 2 rings (SSSR count). The Bertz CT molecular complexity index is 465. The van der Waals surface area contributed by atoms with Crippen LogP contribution in [0.2, 0.25) is 0 Å². The zero-order valence-electron chi connectivity index (χ0n) is 12.3. The largest absolute Gasteiger partial charge is 0.424 e. The molecule has 0 N–H and O–H groups in total. The Morgan fingerprint density at radius 1 is 1.00 bits per heavy atom. The van der Waals surface area contributed by atoms with Crippen LogP contribution in [0.15, 0.2) is 34.7 Å². The number of hydrogen-bond donors (Lipinski definition) is 0. The van der Waals surface area contributed by atoms with Crippen molar-refractivity contribution in [2.45, 2.75) is 13.5 Å². The van der Waals surface area contributed by atoms with Crippen molar-refractivity contribution in [3.63, 3.8) is 0 Å². The number of para-hydroxylation sites is 1. The molecule has 0 aliphatic carbocycles. The molecule has 0 bridgehead atoms. The Morgan fingerprint density at radius 2 is 1.58 bits per heavy atom. The first-order valence-electron chi connectivity index (χ1n) is 6.15. The smallest absolute Gasteiger partial charge is 0.235 e. The molecule has 0 unspecified atom stereocenters. The minimum atomic E-state index is 0.603. The molecule has 0 aliphatic rings. The molecular formula is C14H22N4O. The minimum absolute atomic E-state index is 0.603. The summed E-state index contributed by atoms with van der Waals surface area (Å²) in [7, 11) is 7.99. The zero-order chi connectivity index (χ0) is 14.3. The lowest BCUT2D eigenvalue weighted by atomic mass is 10.3. The second-order valence-electron chi connectivity index (χ2n) is 4.75. The molecule has 0 aliphatic heterocycles. The van der Waals surface area contributed by atoms with Crippen LogP contribution in [0, 0.1) is 6.92 Å². The van der Waals surface area contributed by atoms with Gasteiger partial charge in [-0.15, -0.1) is 10.2 Å². The summed E-state index contributed by atoms with van der Waals surface area (Å²) in [6, 6.07) is 10.1. The monoisotopic (exact) mass is 262 g/mol. The van der Waals surface area contributed by atoms with Gasteiger partial charge in [0.15, 0.2) is 0 Å². The summed E-state index contributed by atoms with van der Waals surface area (Å²) in [5.74, 6) is 1.24. The summed E-state index contributed by atoms with van der Waals surface area (Å²) in [4.78, 5) is 4.06. The van der Waals surface area contributed by atoms with Crippen molar-refractivity contribution >= 4 is 5.69 Å². The highest BCUT2D eigenvalue weighted by atomic mass is 16.4. The van der Waals surface area contributed by atoms with Crippen molar-refractivity contribution in [3.05, 3.63) is 42.1 Å². The molecule has 0 radical (unpaired) electrons. The van der Waals surface area contributed by atoms with Gasteiger partial charge in [-0.25, -0.2) is 0 Å². The van der Waals surface area contributed by atoms with Crippen molar-refractivity contribution in [2.75, 3.05) is 33.1 Å². The lowest BCUT2D eigenvalue weighted by molar-refractivity contribution is 0.466. The van der Waals surface area contributed by atoms with Crippen LogP contribution >= 0.6 is 0 Å². The maximum Gasteiger partial charge on any atom is 0.235 e. The molecule has 0 amide bonds. The Labute approximate surface area is 114 Å². The first-order valence-corrected chi connectivity index (χ1v) is 6.15. The number of benzene rings is 1. The van der Waals surface area contributed by atoms with Crippen LogP contribution in [0.25, 0.3) is 0 Å². The lowest BCUT2D eigenvalue weighted by Crippen LogP contribution is -2.16. The van der Waals surface area contributed by atoms with E-state index in [1.807, 2.05) is 63.4 Å². The number of rotatable bonds is 3. The van der Waals surface area contributed by atoms with Crippen LogP contribution < -0.4 is 4.90 Å². The highest BCUT2D eigenvalue weighted by Crippen LogP contribution is 2.13. The zero-order valence-corrected chi connectivity index (χ0v) is 12.3. The van der Waals surface area contributed by atoms with Crippen molar-refractivity contribution in [2.24, 2.45) is 0 Å². The topological polar surface area (TPSA) is 45.4 Å². The fourth-order valence-corrected chi connectivity index (χ4v) is 1.38. The number of aromatic nitrogens is 2. The fraction of sp³-hybridized carbons (Fsp3) is 0.429. The van der Waals surface area contributed by atoms with Crippen molar-refractivity contribution in [1.82, 2.24) is 15.1 Å². The number of nitrogens with zero attached hydrogens (tertiary/aromatic N) is 4. The third-order valence-corrected chi connectivity index (χ3v) is 2.14. The summed E-state index contributed by atoms with van der Waals surface area (Å²) >= 11 is 0. The predicted molar refractivity (Wildman–Crippen MR) is 77.2 cm³/mol. The van der Waals surface area contributed by atoms with E-state index in [1.165, 1.54) is 0 Å². The van der Waals surface area contributed by atoms with Gasteiger partial charge in [-0.1, -0.05) is 18.2 Å². The van der Waals surface area contributed by atoms with Crippen LogP contribution in [0.1, 0.15) is 11.8 Å². The first kappa shape index (κ1) is 15.2. The molecule has 0 saturated carbocycles. The Morgan fingerprint density at radius 3 is 2.05 bits per heavy atom. The molecule has 0 atom stereocenters. The van der Waals surface area contributed by atoms with Gasteiger partial charge in [-0.2, -0.15) is 0 Å². The lowest BCUT2D eigenvalue weighted by Gasteiger charge is -2.16. The van der Waals surface area contributed by atoms with E-state index in [0.717, 1.165) is 5.69 Å². The molecule has 0 spiro atoms. The van der Waals surface area contributed by atoms with E-state index in [2.05, 4.69) is 15.1 Å². The van der Waals surface area contributed by atoms with E-state index in [0.29, 0.717) is 18.3 Å². The van der Waals surface area contributed by atoms with Gasteiger partial charge in [0, 0.05) is 19.7 Å². The van der Waals surface area contributed by atoms with E-state index < -0.39 is 0 Å². The molecule has 104 valence electrons. The molecule has 5 nitrogen and oxygen atoms in total. The molecule has 1 aromatic carbocycles. The van der Waals surface area contributed by atoms with E-state index >= 15 is 0 Å². The highest BCUT2D eigenvalue weighted by Gasteiger charge is 2.06. The molecule has 0 fully saturated rings. The summed E-state index contributed by atoms with van der Waals surface area (Å²) in [5.41, 5.74) is 1.13. The molecule has 19 heavy (non-hydrogen) atoms. The van der Waals surface area contributed by atoms with Crippen molar-refractivity contribution < 1.29 is 4.42 Å². The van der Waals surface area contributed by atoms with Gasteiger partial charge >= 0.3 is 0 Å². The van der Waals surface area contributed by atoms with Crippen LogP contribution in [0.3, 0.4) is 0 Å². The molecular weight excluding hydrogens is 240 g/mol. The van der Waals surface area contributed by atoms with Crippen LogP contribution in [-0.4, -0.2) is 43.3 Å². The number of anilines is 1. The van der Waals surface area contributed by atoms with Gasteiger partial charge in [0.1, 0.15) is 0 Å². The van der Waals surface area contributed by atoms with Crippen LogP contribution in [0.5, 0.6) is 0 Å². The van der Waals surface area contributed by atoms with E-state index in [-0.39, 0.29) is 0 Å². The third kappa shape index (κ3) is 6.01. The Balaban J connectivity index is 0.000000399. The SMILES string of the molecule is CN(C)C.Cc1nnc(CN(C)c2ccccc2)o1. The maximum atomic E-state index is 5.31. The molecule has 1 aromatic heterocycles. The summed E-state index contributed by atoms with van der Waals surface area (Å²) in [6.07, 6.45) is 0. The normalized spacial score (nSPS) is 10.0. The van der Waals surface area contributed by atoms with E-state index in [1.54, 1.807) is 6.92 Å². The predicted octanol–water partition coefficient (Wildman–Crippen LogP) is 2.19. The third-order valence-electron chi connectivity index (χ3n) is 2.14. The molecule has 2 aromatic rings. The van der Waals surface area contributed by atoms with Crippen LogP contribution in [-0.2, 0) is 6.54 Å². The van der Waals surface area contributed by atoms with Gasteiger partial charge in [0.2, 0.25) is 11.8 Å². The van der Waals surface area contributed by atoms with Crippen LogP contribution in [0.4, 0.5) is 5.69 Å². The Hall–Kier alpha value is -1.88. The van der Waals surface area contributed by atoms with Gasteiger partial charge in [0.05, 0.1) is 6.54 Å². The van der Waals surface area contributed by atoms with Crippen molar-refractivity contribution in [1.29, 1.82) is 0 Å². The standard InChI is InChI=1S/C11H13N3O.C3H9N/c1-9-12-13-11(15-9)8-14(2)10-6-4-3-5-7-10;1-4(2)3/h3-7H,8H2,1-2H3;1-3H3.